The highest BCUT2D eigenvalue weighted by molar-refractivity contribution is 6.05. The molecule has 0 bridgehead atoms. The number of anilines is 2. The Morgan fingerprint density at radius 2 is 1.53 bits per heavy atom. The molecule has 0 saturated heterocycles. The Balaban J connectivity index is 1.56. The maximum Gasteiger partial charge on any atom is 0.416 e. The molecule has 2 aromatic rings. The van der Waals surface area contributed by atoms with E-state index in [1.807, 2.05) is 0 Å². The first-order valence-electron chi connectivity index (χ1n) is 10.4. The van der Waals surface area contributed by atoms with Crippen molar-refractivity contribution in [2.75, 3.05) is 17.2 Å². The minimum Gasteiger partial charge on any atom is -0.347 e. The van der Waals surface area contributed by atoms with Crippen LogP contribution in [0.25, 0.3) is 0 Å². The molecule has 6 nitrogen and oxygen atoms in total. The summed E-state index contributed by atoms with van der Waals surface area (Å²) in [6.45, 7) is -0.185. The summed E-state index contributed by atoms with van der Waals surface area (Å²) in [5, 5.41) is 7.66. The van der Waals surface area contributed by atoms with Crippen LogP contribution >= 0.6 is 0 Å². The van der Waals surface area contributed by atoms with Crippen molar-refractivity contribution < 1.29 is 27.6 Å². The summed E-state index contributed by atoms with van der Waals surface area (Å²) in [7, 11) is 0. The van der Waals surface area contributed by atoms with Crippen LogP contribution in [0.4, 0.5) is 24.5 Å². The van der Waals surface area contributed by atoms with Gasteiger partial charge in [0, 0.05) is 22.9 Å². The molecule has 9 heteroatoms. The molecule has 1 saturated carbocycles. The number of alkyl halides is 3. The quantitative estimate of drug-likeness (QED) is 0.605. The van der Waals surface area contributed by atoms with Gasteiger partial charge in [0.25, 0.3) is 5.91 Å². The molecule has 1 aliphatic carbocycles. The van der Waals surface area contributed by atoms with E-state index in [4.69, 9.17) is 0 Å². The van der Waals surface area contributed by atoms with Crippen LogP contribution in [0.2, 0.25) is 0 Å². The van der Waals surface area contributed by atoms with Gasteiger partial charge in [0.2, 0.25) is 11.8 Å². The number of carbonyl (C=O) groups excluding carboxylic acids is 3. The van der Waals surface area contributed by atoms with E-state index in [-0.39, 0.29) is 29.6 Å². The van der Waals surface area contributed by atoms with Gasteiger partial charge in [-0.05, 0) is 49.2 Å². The topological polar surface area (TPSA) is 87.3 Å². The minimum absolute atomic E-state index is 0.00434. The van der Waals surface area contributed by atoms with Crippen molar-refractivity contribution in [2.24, 2.45) is 5.92 Å². The molecule has 3 rings (SSSR count). The van der Waals surface area contributed by atoms with E-state index in [1.165, 1.54) is 30.3 Å². The normalized spacial score (nSPS) is 14.5. The van der Waals surface area contributed by atoms with E-state index < -0.39 is 23.6 Å². The van der Waals surface area contributed by atoms with Crippen LogP contribution in [0.1, 0.15) is 48.0 Å². The fraction of sp³-hybridized carbons (Fsp3) is 0.348. The lowest BCUT2D eigenvalue weighted by Gasteiger charge is -2.20. The second-order valence-electron chi connectivity index (χ2n) is 7.71. The van der Waals surface area contributed by atoms with Gasteiger partial charge in [0.15, 0.2) is 0 Å². The third-order valence-electron chi connectivity index (χ3n) is 5.26. The summed E-state index contributed by atoms with van der Waals surface area (Å²) in [6, 6.07) is 10.3. The van der Waals surface area contributed by atoms with Crippen LogP contribution in [-0.4, -0.2) is 24.3 Å². The lowest BCUT2D eigenvalue weighted by Crippen LogP contribution is -2.37. The smallest absolute Gasteiger partial charge is 0.347 e. The maximum absolute atomic E-state index is 12.8. The predicted molar refractivity (Wildman–Crippen MR) is 114 cm³/mol. The second kappa shape index (κ2) is 10.3. The number of hydrogen-bond acceptors (Lipinski definition) is 3. The van der Waals surface area contributed by atoms with Gasteiger partial charge in [0.1, 0.15) is 0 Å². The second-order valence-corrected chi connectivity index (χ2v) is 7.71. The van der Waals surface area contributed by atoms with E-state index in [0.717, 1.165) is 44.2 Å². The molecule has 32 heavy (non-hydrogen) atoms. The molecule has 0 radical (unpaired) electrons. The molecule has 0 unspecified atom stereocenters. The fourth-order valence-electron chi connectivity index (χ4n) is 3.60. The average molecular weight is 447 g/mol. The lowest BCUT2D eigenvalue weighted by atomic mass is 9.89. The van der Waals surface area contributed by atoms with Crippen LogP contribution < -0.4 is 16.0 Å². The summed E-state index contributed by atoms with van der Waals surface area (Å²) >= 11 is 0. The van der Waals surface area contributed by atoms with Gasteiger partial charge in [-0.25, -0.2) is 0 Å². The number of carbonyl (C=O) groups is 3. The van der Waals surface area contributed by atoms with Gasteiger partial charge >= 0.3 is 6.18 Å². The molecular formula is C23H24F3N3O3. The Labute approximate surface area is 183 Å². The van der Waals surface area contributed by atoms with Gasteiger partial charge in [-0.15, -0.1) is 0 Å². The third kappa shape index (κ3) is 6.57. The highest BCUT2D eigenvalue weighted by Crippen LogP contribution is 2.30. The molecule has 170 valence electrons. The maximum atomic E-state index is 12.8. The molecule has 1 aliphatic rings. The van der Waals surface area contributed by atoms with E-state index in [9.17, 15) is 27.6 Å². The summed E-state index contributed by atoms with van der Waals surface area (Å²) in [4.78, 5) is 36.8. The van der Waals surface area contributed by atoms with E-state index in [2.05, 4.69) is 16.0 Å². The zero-order chi connectivity index (χ0) is 23.1. The molecule has 0 aromatic heterocycles. The largest absolute Gasteiger partial charge is 0.416 e. The Hall–Kier alpha value is -3.36. The highest BCUT2D eigenvalue weighted by atomic mass is 19.4. The van der Waals surface area contributed by atoms with E-state index in [1.54, 1.807) is 6.07 Å². The van der Waals surface area contributed by atoms with E-state index >= 15 is 0 Å². The Morgan fingerprint density at radius 1 is 0.875 bits per heavy atom. The van der Waals surface area contributed by atoms with Crippen LogP contribution in [0.5, 0.6) is 0 Å². The van der Waals surface area contributed by atoms with Crippen molar-refractivity contribution in [1.29, 1.82) is 0 Å². The van der Waals surface area contributed by atoms with Gasteiger partial charge < -0.3 is 16.0 Å². The highest BCUT2D eigenvalue weighted by Gasteiger charge is 2.30. The van der Waals surface area contributed by atoms with Crippen LogP contribution in [-0.2, 0) is 15.8 Å². The molecule has 3 N–H and O–H groups in total. The SMILES string of the molecule is O=C(CNC(=O)C1CCCCC1)Nc1cccc(C(=O)Nc2cccc(C(F)(F)F)c2)c1. The number of amides is 3. The molecule has 0 heterocycles. The van der Waals surface area contributed by atoms with Gasteiger partial charge in [-0.3, -0.25) is 14.4 Å². The van der Waals surface area contributed by atoms with Crippen molar-refractivity contribution in [1.82, 2.24) is 5.32 Å². The number of rotatable bonds is 6. The summed E-state index contributed by atoms with van der Waals surface area (Å²) in [5.74, 6) is -1.25. The molecular weight excluding hydrogens is 423 g/mol. The first-order chi connectivity index (χ1) is 15.2. The number of hydrogen-bond donors (Lipinski definition) is 3. The Bertz CT molecular complexity index is 986. The van der Waals surface area contributed by atoms with Gasteiger partial charge in [0.05, 0.1) is 12.1 Å². The minimum atomic E-state index is -4.52. The van der Waals surface area contributed by atoms with Crippen LogP contribution in [0.15, 0.2) is 48.5 Å². The van der Waals surface area contributed by atoms with Crippen LogP contribution in [0.3, 0.4) is 0 Å². The first-order valence-corrected chi connectivity index (χ1v) is 10.4. The molecule has 0 aliphatic heterocycles. The molecule has 1 fully saturated rings. The lowest BCUT2D eigenvalue weighted by molar-refractivity contribution is -0.137. The monoisotopic (exact) mass is 447 g/mol. The Morgan fingerprint density at radius 3 is 2.22 bits per heavy atom. The summed E-state index contributed by atoms with van der Waals surface area (Å²) in [5.41, 5.74) is -0.374. The molecule has 2 aromatic carbocycles. The van der Waals surface area contributed by atoms with Crippen molar-refractivity contribution in [2.45, 2.75) is 38.3 Å². The zero-order valence-electron chi connectivity index (χ0n) is 17.3. The number of nitrogens with one attached hydrogen (secondary N) is 3. The van der Waals surface area contributed by atoms with Crippen molar-refractivity contribution in [3.8, 4) is 0 Å². The van der Waals surface area contributed by atoms with Gasteiger partial charge in [-0.2, -0.15) is 13.2 Å². The molecule has 3 amide bonds. The van der Waals surface area contributed by atoms with Crippen molar-refractivity contribution in [3.05, 3.63) is 59.7 Å². The first kappa shape index (κ1) is 23.3. The summed E-state index contributed by atoms with van der Waals surface area (Å²) in [6.07, 6.45) is 0.297. The molecule has 0 spiro atoms. The zero-order valence-corrected chi connectivity index (χ0v) is 17.3. The number of benzene rings is 2. The summed E-state index contributed by atoms with van der Waals surface area (Å²) < 4.78 is 38.5. The van der Waals surface area contributed by atoms with E-state index in [0.29, 0.717) is 5.69 Å². The fourth-order valence-corrected chi connectivity index (χ4v) is 3.60. The van der Waals surface area contributed by atoms with Crippen molar-refractivity contribution in [3.63, 3.8) is 0 Å². The van der Waals surface area contributed by atoms with Gasteiger partial charge in [-0.1, -0.05) is 31.4 Å². The predicted octanol–water partition coefficient (Wildman–Crippen LogP) is 4.59. The third-order valence-corrected chi connectivity index (χ3v) is 5.26. The van der Waals surface area contributed by atoms with Crippen molar-refractivity contribution >= 4 is 29.1 Å². The molecule has 0 atom stereocenters. The standard InChI is InChI=1S/C23H24F3N3O3/c24-23(25,26)17-9-5-11-19(13-17)29-22(32)16-8-4-10-18(12-16)28-20(30)14-27-21(31)15-6-2-1-3-7-15/h4-5,8-13,15H,1-3,6-7,14H2,(H,27,31)(H,28,30)(H,29,32). The average Bonchev–Trinajstić information content (AvgIpc) is 2.78. The Kier molecular flexibility index (Phi) is 7.50. The van der Waals surface area contributed by atoms with Crippen LogP contribution in [0, 0.1) is 5.92 Å². The number of halogens is 3.